The molecule has 1 aromatic rings. The van der Waals surface area contributed by atoms with Crippen LogP contribution in [0.2, 0.25) is 0 Å². The maximum absolute atomic E-state index is 13.6. The number of hydrogen-bond donors (Lipinski definition) is 0. The fraction of sp³-hybridized carbons (Fsp3) is 0.562. The molecule has 126 valence electrons. The lowest BCUT2D eigenvalue weighted by molar-refractivity contribution is -0.139. The highest BCUT2D eigenvalue weighted by Crippen LogP contribution is 2.69. The molecule has 2 atom stereocenters. The van der Waals surface area contributed by atoms with E-state index in [1.807, 2.05) is 30.1 Å². The van der Waals surface area contributed by atoms with Gasteiger partial charge in [0.2, 0.25) is 0 Å². The first-order chi connectivity index (χ1) is 11.0. The van der Waals surface area contributed by atoms with Crippen LogP contribution in [0.5, 0.6) is 5.75 Å². The number of carbonyl (C=O) groups is 1. The molecule has 1 aromatic carbocycles. The van der Waals surface area contributed by atoms with E-state index in [1.165, 1.54) is 0 Å². The van der Waals surface area contributed by atoms with Gasteiger partial charge in [0.05, 0.1) is 13.2 Å². The molecule has 0 unspecified atom stereocenters. The predicted molar refractivity (Wildman–Crippen MR) is 85.9 cm³/mol. The molecule has 6 nitrogen and oxygen atoms in total. The summed E-state index contributed by atoms with van der Waals surface area (Å²) in [5, 5.41) is -1.30. The zero-order chi connectivity index (χ0) is 16.7. The van der Waals surface area contributed by atoms with Crippen molar-refractivity contribution in [3.63, 3.8) is 0 Å². The number of rotatable bonds is 5. The van der Waals surface area contributed by atoms with E-state index in [-0.39, 0.29) is 19.1 Å². The van der Waals surface area contributed by atoms with E-state index in [1.54, 1.807) is 19.9 Å². The average Bonchev–Trinajstić information content (AvgIpc) is 2.88. The van der Waals surface area contributed by atoms with Crippen LogP contribution in [0, 0.1) is 0 Å². The van der Waals surface area contributed by atoms with Crippen molar-refractivity contribution in [3.8, 4) is 5.75 Å². The summed E-state index contributed by atoms with van der Waals surface area (Å²) in [4.78, 5) is 14.9. The highest BCUT2D eigenvalue weighted by molar-refractivity contribution is 7.57. The summed E-state index contributed by atoms with van der Waals surface area (Å²) in [6.45, 7) is 4.82. The van der Waals surface area contributed by atoms with E-state index in [4.69, 9.17) is 13.8 Å². The van der Waals surface area contributed by atoms with E-state index in [0.717, 1.165) is 5.56 Å². The summed E-state index contributed by atoms with van der Waals surface area (Å²) in [5.41, 5.74) is 0.885. The summed E-state index contributed by atoms with van der Waals surface area (Å²) in [7, 11) is -1.78. The summed E-state index contributed by atoms with van der Waals surface area (Å²) >= 11 is 0. The lowest BCUT2D eigenvalue weighted by Crippen LogP contribution is -2.51. The van der Waals surface area contributed by atoms with Crippen LogP contribution >= 0.6 is 7.60 Å². The molecule has 2 aliphatic heterocycles. The van der Waals surface area contributed by atoms with Gasteiger partial charge in [-0.2, -0.15) is 0 Å². The lowest BCUT2D eigenvalue weighted by atomic mass is 9.85. The molecule has 0 saturated carbocycles. The largest absolute Gasteiger partial charge is 0.425 e. The van der Waals surface area contributed by atoms with Crippen molar-refractivity contribution in [3.05, 3.63) is 29.8 Å². The lowest BCUT2D eigenvalue weighted by Gasteiger charge is -2.40. The number of ether oxygens (including phenoxy) is 1. The molecule has 0 N–H and O–H groups in total. The van der Waals surface area contributed by atoms with Crippen molar-refractivity contribution in [1.29, 1.82) is 0 Å². The molecular weight excluding hydrogens is 317 g/mol. The Labute approximate surface area is 136 Å². The maximum atomic E-state index is 13.6. The summed E-state index contributed by atoms with van der Waals surface area (Å²) in [6.07, 6.45) is 0. The number of fused-ring (bicyclic) bond motifs is 3. The second-order valence-corrected chi connectivity index (χ2v) is 8.24. The number of nitrogens with zero attached hydrogens (tertiary/aromatic N) is 1. The third-order valence-corrected chi connectivity index (χ3v) is 7.33. The van der Waals surface area contributed by atoms with E-state index >= 15 is 0 Å². The van der Waals surface area contributed by atoms with Crippen LogP contribution in [0.15, 0.2) is 24.3 Å². The predicted octanol–water partition coefficient (Wildman–Crippen LogP) is 2.64. The molecule has 0 amide bonds. The number of hydrogen-bond acceptors (Lipinski definition) is 6. The van der Waals surface area contributed by atoms with Crippen molar-refractivity contribution in [2.45, 2.75) is 24.9 Å². The first kappa shape index (κ1) is 16.7. The molecular formula is C16H22NO5P. The number of likely N-dealkylation sites (N-methyl/N-ethyl adjacent to an activating group) is 1. The number of carbonyl (C=O) groups excluding carboxylic acids is 1. The second kappa shape index (κ2) is 6.02. The van der Waals surface area contributed by atoms with Gasteiger partial charge in [0.15, 0.2) is 5.16 Å². The van der Waals surface area contributed by atoms with Gasteiger partial charge in [-0.15, -0.1) is 0 Å². The molecule has 2 heterocycles. The van der Waals surface area contributed by atoms with Crippen LogP contribution in [0.25, 0.3) is 0 Å². The third kappa shape index (κ3) is 2.36. The monoisotopic (exact) mass is 339 g/mol. The fourth-order valence-electron chi connectivity index (χ4n) is 3.66. The van der Waals surface area contributed by atoms with Crippen molar-refractivity contribution in [2.75, 3.05) is 33.4 Å². The fourth-order valence-corrected chi connectivity index (χ4v) is 6.16. The Kier molecular flexibility index (Phi) is 4.36. The number of para-hydroxylation sites is 1. The van der Waals surface area contributed by atoms with Gasteiger partial charge in [-0.05, 0) is 27.0 Å². The first-order valence-electron chi connectivity index (χ1n) is 7.87. The Morgan fingerprint density at radius 1 is 1.30 bits per heavy atom. The average molecular weight is 339 g/mol. The van der Waals surface area contributed by atoms with Gasteiger partial charge in [-0.1, -0.05) is 18.2 Å². The van der Waals surface area contributed by atoms with E-state index in [0.29, 0.717) is 18.8 Å². The Bertz CT molecular complexity index is 654. The van der Waals surface area contributed by atoms with Gasteiger partial charge in [0, 0.05) is 24.6 Å². The number of esters is 1. The molecule has 1 fully saturated rings. The van der Waals surface area contributed by atoms with Crippen LogP contribution in [-0.2, 0) is 18.4 Å². The molecule has 0 aromatic heterocycles. The van der Waals surface area contributed by atoms with Crippen LogP contribution in [0.4, 0.5) is 0 Å². The molecule has 1 saturated heterocycles. The van der Waals surface area contributed by atoms with Gasteiger partial charge < -0.3 is 18.7 Å². The minimum atomic E-state index is -3.68. The van der Waals surface area contributed by atoms with Gasteiger partial charge in [-0.3, -0.25) is 9.36 Å². The smallest absolute Gasteiger partial charge is 0.349 e. The number of likely N-dealkylation sites (tertiary alicyclic amines) is 1. The van der Waals surface area contributed by atoms with Crippen molar-refractivity contribution < 1.29 is 23.1 Å². The summed E-state index contributed by atoms with van der Waals surface area (Å²) in [5.74, 6) is -0.252. The SMILES string of the molecule is CCOP(=O)(OCC)[C@@]12CN(C)C[C@@H]1c1ccccc1OC2=O. The standard InChI is InChI=1S/C16H22NO5P/c1-4-20-23(19,21-5-2)16-11-17(3)10-13(16)12-8-6-7-9-14(12)22-15(16)18/h6-9,13H,4-5,10-11H2,1-3H3/t13-,16+/m1/s1. The molecule has 2 aliphatic rings. The topological polar surface area (TPSA) is 65.1 Å². The minimum absolute atomic E-state index is 0.213. The van der Waals surface area contributed by atoms with Gasteiger partial charge >= 0.3 is 13.6 Å². The zero-order valence-electron chi connectivity index (χ0n) is 13.7. The molecule has 3 rings (SSSR count). The van der Waals surface area contributed by atoms with E-state index in [2.05, 4.69) is 0 Å². The molecule has 0 radical (unpaired) electrons. The highest BCUT2D eigenvalue weighted by atomic mass is 31.2. The van der Waals surface area contributed by atoms with Gasteiger partial charge in [0.1, 0.15) is 5.75 Å². The number of benzene rings is 1. The normalized spacial score (nSPS) is 27.4. The molecule has 0 aliphatic carbocycles. The third-order valence-electron chi connectivity index (χ3n) is 4.52. The molecule has 7 heteroatoms. The van der Waals surface area contributed by atoms with E-state index in [9.17, 15) is 9.36 Å². The highest BCUT2D eigenvalue weighted by Gasteiger charge is 2.68. The summed E-state index contributed by atoms with van der Waals surface area (Å²) in [6, 6.07) is 7.40. The first-order valence-corrected chi connectivity index (χ1v) is 9.41. The Balaban J connectivity index is 2.18. The van der Waals surface area contributed by atoms with Crippen LogP contribution in [-0.4, -0.2) is 49.4 Å². The quantitative estimate of drug-likeness (QED) is 0.467. The van der Waals surface area contributed by atoms with Crippen molar-refractivity contribution in [1.82, 2.24) is 4.90 Å². The van der Waals surface area contributed by atoms with Crippen LogP contribution < -0.4 is 4.74 Å². The van der Waals surface area contributed by atoms with Crippen molar-refractivity contribution in [2.24, 2.45) is 0 Å². The summed E-state index contributed by atoms with van der Waals surface area (Å²) < 4.78 is 30.2. The van der Waals surface area contributed by atoms with E-state index < -0.39 is 18.7 Å². The minimum Gasteiger partial charge on any atom is -0.425 e. The molecule has 0 spiro atoms. The van der Waals surface area contributed by atoms with Crippen molar-refractivity contribution >= 4 is 13.6 Å². The van der Waals surface area contributed by atoms with Gasteiger partial charge in [0.25, 0.3) is 0 Å². The zero-order valence-corrected chi connectivity index (χ0v) is 14.5. The van der Waals surface area contributed by atoms with Crippen LogP contribution in [0.3, 0.4) is 0 Å². The molecule has 0 bridgehead atoms. The molecule has 23 heavy (non-hydrogen) atoms. The Hall–Kier alpha value is -1.20. The van der Waals surface area contributed by atoms with Gasteiger partial charge in [-0.25, -0.2) is 0 Å². The second-order valence-electron chi connectivity index (χ2n) is 5.93. The maximum Gasteiger partial charge on any atom is 0.349 e. The van der Waals surface area contributed by atoms with Crippen LogP contribution in [0.1, 0.15) is 25.3 Å². The Morgan fingerprint density at radius 3 is 2.61 bits per heavy atom. The Morgan fingerprint density at radius 2 is 1.96 bits per heavy atom.